The molecular weight excluding hydrogens is 246 g/mol. The van der Waals surface area contributed by atoms with Gasteiger partial charge in [0.25, 0.3) is 5.69 Å². The largest absolute Gasteiger partial charge is 0.269 e. The molecule has 0 aliphatic carbocycles. The van der Waals surface area contributed by atoms with Crippen LogP contribution in [-0.2, 0) is 0 Å². The zero-order valence-electron chi connectivity index (χ0n) is 8.16. The number of rotatable bonds is 3. The number of nitrogens with zero attached hydrogens (tertiary/aromatic N) is 1. The molecule has 3 nitrogen and oxygen atoms in total. The Labute approximate surface area is 91.4 Å². The smallest absolute Gasteiger partial charge is 0.258 e. The normalized spacial score (nSPS) is 12.5. The highest BCUT2D eigenvalue weighted by molar-refractivity contribution is 9.09. The van der Waals surface area contributed by atoms with Gasteiger partial charge in [0.05, 0.1) is 4.92 Å². The van der Waals surface area contributed by atoms with E-state index in [-0.39, 0.29) is 10.6 Å². The molecule has 1 atom stereocenters. The molecule has 1 rings (SSSR count). The van der Waals surface area contributed by atoms with Crippen molar-refractivity contribution in [3.05, 3.63) is 39.4 Å². The van der Waals surface area contributed by atoms with Gasteiger partial charge in [-0.1, -0.05) is 28.9 Å². The highest BCUT2D eigenvalue weighted by Crippen LogP contribution is 2.25. The number of nitro groups is 1. The monoisotopic (exact) mass is 257 g/mol. The fraction of sp³-hybridized carbons (Fsp3) is 0.400. The minimum absolute atomic E-state index is 0.165. The molecule has 0 aromatic heterocycles. The predicted molar refractivity (Wildman–Crippen MR) is 60.0 cm³/mol. The summed E-state index contributed by atoms with van der Waals surface area (Å²) in [6.45, 7) is 4.01. The van der Waals surface area contributed by atoms with E-state index in [1.165, 1.54) is 0 Å². The van der Waals surface area contributed by atoms with Crippen LogP contribution in [0.25, 0.3) is 0 Å². The lowest BCUT2D eigenvalue weighted by Crippen LogP contribution is -1.99. The summed E-state index contributed by atoms with van der Waals surface area (Å²) in [7, 11) is 0. The van der Waals surface area contributed by atoms with Crippen LogP contribution in [0.4, 0.5) is 5.69 Å². The van der Waals surface area contributed by atoms with E-state index in [9.17, 15) is 10.1 Å². The van der Waals surface area contributed by atoms with E-state index in [1.807, 2.05) is 13.8 Å². The van der Waals surface area contributed by atoms with E-state index < -0.39 is 0 Å². The van der Waals surface area contributed by atoms with E-state index in [4.69, 9.17) is 0 Å². The third-order valence-corrected chi connectivity index (χ3v) is 3.21. The van der Waals surface area contributed by atoms with E-state index in [0.29, 0.717) is 5.92 Å². The summed E-state index contributed by atoms with van der Waals surface area (Å²) in [5, 5.41) is 11.4. The lowest BCUT2D eigenvalue weighted by molar-refractivity contribution is -0.384. The molecule has 0 heterocycles. The van der Waals surface area contributed by atoms with E-state index in [0.717, 1.165) is 16.5 Å². The van der Waals surface area contributed by atoms with Crippen LogP contribution >= 0.6 is 15.9 Å². The van der Waals surface area contributed by atoms with Crippen LogP contribution in [0.2, 0.25) is 0 Å². The second kappa shape index (κ2) is 4.55. The minimum Gasteiger partial charge on any atom is -0.258 e. The Morgan fingerprint density at radius 1 is 1.57 bits per heavy atom. The van der Waals surface area contributed by atoms with Crippen LogP contribution in [0.1, 0.15) is 24.0 Å². The van der Waals surface area contributed by atoms with Crippen molar-refractivity contribution in [2.45, 2.75) is 19.8 Å². The number of non-ortho nitro benzene ring substituents is 1. The minimum atomic E-state index is -0.357. The fourth-order valence-corrected chi connectivity index (χ4v) is 1.70. The molecule has 1 aromatic carbocycles. The summed E-state index contributed by atoms with van der Waals surface area (Å²) in [6, 6.07) is 4.99. The second-order valence-electron chi connectivity index (χ2n) is 3.35. The molecule has 0 amide bonds. The van der Waals surface area contributed by atoms with Crippen LogP contribution in [0.5, 0.6) is 0 Å². The van der Waals surface area contributed by atoms with Gasteiger partial charge in [-0.3, -0.25) is 10.1 Å². The Morgan fingerprint density at radius 2 is 2.21 bits per heavy atom. The van der Waals surface area contributed by atoms with Gasteiger partial charge in [0, 0.05) is 17.5 Å². The molecule has 0 radical (unpaired) electrons. The third-order valence-electron chi connectivity index (χ3n) is 2.24. The van der Waals surface area contributed by atoms with Crippen molar-refractivity contribution in [1.82, 2.24) is 0 Å². The van der Waals surface area contributed by atoms with Gasteiger partial charge in [-0.15, -0.1) is 0 Å². The summed E-state index contributed by atoms with van der Waals surface area (Å²) in [6.07, 6.45) is 0. The number of benzene rings is 1. The molecule has 14 heavy (non-hydrogen) atoms. The number of nitro benzene ring substituents is 1. The van der Waals surface area contributed by atoms with Crippen LogP contribution in [0.15, 0.2) is 18.2 Å². The first-order chi connectivity index (χ1) is 6.56. The Balaban J connectivity index is 3.14. The first kappa shape index (κ1) is 11.2. The molecule has 0 N–H and O–H groups in total. The summed E-state index contributed by atoms with van der Waals surface area (Å²) < 4.78 is 0. The molecule has 0 saturated heterocycles. The third kappa shape index (κ3) is 2.32. The summed E-state index contributed by atoms with van der Waals surface area (Å²) >= 11 is 3.38. The van der Waals surface area contributed by atoms with Gasteiger partial charge in [-0.25, -0.2) is 0 Å². The quantitative estimate of drug-likeness (QED) is 0.473. The Bertz CT molecular complexity index is 352. The maximum atomic E-state index is 10.6. The van der Waals surface area contributed by atoms with Gasteiger partial charge in [-0.2, -0.15) is 0 Å². The molecule has 0 aliphatic heterocycles. The molecule has 4 heteroatoms. The van der Waals surface area contributed by atoms with Gasteiger partial charge in [0.1, 0.15) is 0 Å². The summed E-state index contributed by atoms with van der Waals surface area (Å²) in [5.41, 5.74) is 2.30. The van der Waals surface area contributed by atoms with Crippen molar-refractivity contribution in [3.63, 3.8) is 0 Å². The van der Waals surface area contributed by atoms with Gasteiger partial charge < -0.3 is 0 Å². The van der Waals surface area contributed by atoms with Crippen molar-refractivity contribution >= 4 is 21.6 Å². The number of aryl methyl sites for hydroxylation is 1. The van der Waals surface area contributed by atoms with Crippen molar-refractivity contribution < 1.29 is 4.92 Å². The lowest BCUT2D eigenvalue weighted by atomic mass is 9.97. The first-order valence-electron chi connectivity index (χ1n) is 4.37. The molecule has 0 bridgehead atoms. The zero-order valence-corrected chi connectivity index (χ0v) is 9.74. The number of halogens is 1. The lowest BCUT2D eigenvalue weighted by Gasteiger charge is -2.10. The second-order valence-corrected chi connectivity index (χ2v) is 4.00. The van der Waals surface area contributed by atoms with Crippen molar-refractivity contribution in [2.24, 2.45) is 0 Å². The molecule has 0 aliphatic rings. The summed E-state index contributed by atoms with van der Waals surface area (Å²) in [5.74, 6) is 0.301. The van der Waals surface area contributed by atoms with Crippen molar-refractivity contribution in [1.29, 1.82) is 0 Å². The van der Waals surface area contributed by atoms with Crippen LogP contribution in [0, 0.1) is 17.0 Å². The predicted octanol–water partition coefficient (Wildman–Crippen LogP) is 3.40. The van der Waals surface area contributed by atoms with Gasteiger partial charge in [0.15, 0.2) is 0 Å². The van der Waals surface area contributed by atoms with Crippen LogP contribution in [0.3, 0.4) is 0 Å². The molecule has 76 valence electrons. The topological polar surface area (TPSA) is 43.1 Å². The van der Waals surface area contributed by atoms with Crippen molar-refractivity contribution in [2.75, 3.05) is 5.33 Å². The molecular formula is C10H12BrNO2. The average Bonchev–Trinajstić information content (AvgIpc) is 2.17. The Kier molecular flexibility index (Phi) is 3.63. The van der Waals surface area contributed by atoms with E-state index in [2.05, 4.69) is 15.9 Å². The maximum Gasteiger partial charge on any atom is 0.269 e. The highest BCUT2D eigenvalue weighted by atomic mass is 79.9. The van der Waals surface area contributed by atoms with Gasteiger partial charge in [0.2, 0.25) is 0 Å². The molecule has 0 saturated carbocycles. The number of alkyl halides is 1. The van der Waals surface area contributed by atoms with Crippen LogP contribution in [-0.4, -0.2) is 10.3 Å². The van der Waals surface area contributed by atoms with Crippen LogP contribution < -0.4 is 0 Å². The maximum absolute atomic E-state index is 10.6. The number of hydrogen-bond donors (Lipinski definition) is 0. The molecule has 1 unspecified atom stereocenters. The SMILES string of the molecule is Cc1ccc([N+](=O)[O-])cc1C(C)CBr. The standard InChI is InChI=1S/C10H12BrNO2/c1-7-3-4-9(12(13)14)5-10(7)8(2)6-11/h3-5,8H,6H2,1-2H3. The fourth-order valence-electron chi connectivity index (χ4n) is 1.36. The highest BCUT2D eigenvalue weighted by Gasteiger charge is 2.12. The number of hydrogen-bond acceptors (Lipinski definition) is 2. The Hall–Kier alpha value is -0.900. The summed E-state index contributed by atoms with van der Waals surface area (Å²) in [4.78, 5) is 10.2. The molecule has 0 spiro atoms. The van der Waals surface area contributed by atoms with E-state index in [1.54, 1.807) is 18.2 Å². The van der Waals surface area contributed by atoms with Crippen molar-refractivity contribution in [3.8, 4) is 0 Å². The van der Waals surface area contributed by atoms with E-state index >= 15 is 0 Å². The zero-order chi connectivity index (χ0) is 10.7. The van der Waals surface area contributed by atoms with Gasteiger partial charge in [-0.05, 0) is 24.0 Å². The first-order valence-corrected chi connectivity index (χ1v) is 5.49. The van der Waals surface area contributed by atoms with Gasteiger partial charge >= 0.3 is 0 Å². The molecule has 1 aromatic rings. The average molecular weight is 258 g/mol. The molecule has 0 fully saturated rings. The Morgan fingerprint density at radius 3 is 2.71 bits per heavy atom.